The van der Waals surface area contributed by atoms with Crippen molar-refractivity contribution in [3.05, 3.63) is 197 Å². The number of rotatable bonds is 4. The van der Waals surface area contributed by atoms with Crippen molar-refractivity contribution in [3.8, 4) is 44.5 Å². The van der Waals surface area contributed by atoms with Crippen molar-refractivity contribution < 1.29 is 0 Å². The lowest BCUT2D eigenvalue weighted by Gasteiger charge is -2.50. The van der Waals surface area contributed by atoms with Gasteiger partial charge < -0.3 is 9.71 Å². The molecule has 2 nitrogen and oxygen atoms in total. The summed E-state index contributed by atoms with van der Waals surface area (Å²) in [6.45, 7) is 24.7. The highest BCUT2D eigenvalue weighted by atomic mass is 15.2. The van der Waals surface area contributed by atoms with Crippen LogP contribution in [-0.4, -0.2) is 6.85 Å². The molecule has 0 bridgehead atoms. The van der Waals surface area contributed by atoms with Crippen molar-refractivity contribution in [1.29, 1.82) is 0 Å². The summed E-state index contributed by atoms with van der Waals surface area (Å²) in [5.74, 6) is 0. The van der Waals surface area contributed by atoms with Gasteiger partial charge in [-0.15, -0.1) is 0 Å². The number of hydrogen-bond donors (Lipinski definition) is 0. The molecule has 0 amide bonds. The molecule has 0 spiro atoms. The molecule has 3 heteroatoms. The number of anilines is 5. The molecule has 0 saturated heterocycles. The van der Waals surface area contributed by atoms with Crippen LogP contribution in [0.5, 0.6) is 0 Å². The van der Waals surface area contributed by atoms with E-state index in [0.717, 1.165) is 12.8 Å². The Morgan fingerprint density at radius 1 is 0.371 bits per heavy atom. The maximum Gasteiger partial charge on any atom is 0.333 e. The average molecular weight is 909 g/mol. The van der Waals surface area contributed by atoms with E-state index in [2.05, 4.69) is 243 Å². The predicted octanol–water partition coefficient (Wildman–Crippen LogP) is 16.7. The van der Waals surface area contributed by atoms with E-state index in [1.165, 1.54) is 130 Å². The fourth-order valence-electron chi connectivity index (χ4n) is 13.9. The second-order valence-corrected chi connectivity index (χ2v) is 24.6. The Morgan fingerprint density at radius 2 is 0.900 bits per heavy atom. The van der Waals surface area contributed by atoms with Crippen molar-refractivity contribution in [2.24, 2.45) is 0 Å². The van der Waals surface area contributed by atoms with Gasteiger partial charge in [-0.25, -0.2) is 0 Å². The van der Waals surface area contributed by atoms with Gasteiger partial charge in [-0.05, 0) is 179 Å². The number of nitrogens with zero attached hydrogens (tertiary/aromatic N) is 2. The van der Waals surface area contributed by atoms with E-state index in [1.54, 1.807) is 0 Å². The fourth-order valence-corrected chi connectivity index (χ4v) is 13.9. The molecular weight excluding hydrogens is 844 g/mol. The minimum absolute atomic E-state index is 0.0208. The summed E-state index contributed by atoms with van der Waals surface area (Å²) in [7, 11) is 0. The third-order valence-corrected chi connectivity index (χ3v) is 18.1. The van der Waals surface area contributed by atoms with Crippen LogP contribution >= 0.6 is 0 Å². The molecule has 3 aliphatic carbocycles. The third-order valence-electron chi connectivity index (χ3n) is 18.1. The zero-order valence-corrected chi connectivity index (χ0v) is 42.9. The zero-order chi connectivity index (χ0) is 48.3. The second kappa shape index (κ2) is 14.7. The summed E-state index contributed by atoms with van der Waals surface area (Å²) in [4.78, 5) is 5.52. The van der Waals surface area contributed by atoms with Crippen molar-refractivity contribution >= 4 is 46.2 Å². The Labute approximate surface area is 417 Å². The van der Waals surface area contributed by atoms with Crippen LogP contribution in [0.15, 0.2) is 164 Å². The van der Waals surface area contributed by atoms with E-state index >= 15 is 0 Å². The highest BCUT2D eigenvalue weighted by Crippen LogP contribution is 2.60. The first-order valence-corrected chi connectivity index (χ1v) is 26.0. The minimum Gasteiger partial charge on any atom is -0.376 e. The maximum atomic E-state index is 2.79. The first-order valence-electron chi connectivity index (χ1n) is 26.0. The number of fused-ring (bicyclic) bond motifs is 10. The van der Waals surface area contributed by atoms with E-state index in [1.807, 2.05) is 0 Å². The van der Waals surface area contributed by atoms with Gasteiger partial charge in [0.25, 0.3) is 0 Å². The van der Waals surface area contributed by atoms with Crippen molar-refractivity contribution in [1.82, 2.24) is 0 Å². The van der Waals surface area contributed by atoms with Gasteiger partial charge >= 0.3 is 6.85 Å². The van der Waals surface area contributed by atoms with Gasteiger partial charge in [0.05, 0.1) is 0 Å². The molecule has 0 atom stereocenters. The normalized spacial score (nSPS) is 18.7. The van der Waals surface area contributed by atoms with E-state index in [9.17, 15) is 0 Å². The summed E-state index contributed by atoms with van der Waals surface area (Å²) in [6, 6.07) is 63.5. The SMILES string of the molecule is CC1(C)CCC(C)(C)c2cc(N3c4cc5c(cc4B4c6c(cc7c(c63)C(C)(C)c3ccccc3-7)-c3cc(-c6ccccc6)ccc3N4c3ccc(-c4ccccc4)cc3)C(C)(C)CCC5(C)C)ccc21. The van der Waals surface area contributed by atoms with Crippen LogP contribution in [0.2, 0.25) is 0 Å². The molecule has 8 aromatic carbocycles. The molecule has 0 N–H and O–H groups in total. The standard InChI is InChI=1S/C67H65BN2/c1-63(2)33-34-64(3,4)54-38-47(30-31-53(54)63)69-59-41-56-55(65(5,6)35-36-66(56,7)8)40-57(59)68-61-51(39-50-48-23-17-18-24-52(48)67(9,10)60(50)62(61)69)49-37-45(43-21-15-12-16-22-43)27-32-58(49)70(68)46-28-25-44(26-29-46)42-19-13-11-14-20-42/h11-32,37-41H,33-36H2,1-10H3. The molecule has 0 aromatic heterocycles. The molecule has 2 heterocycles. The Hall–Kier alpha value is -6.58. The fraction of sp³-hybridized carbons (Fsp3) is 0.284. The Morgan fingerprint density at radius 3 is 1.56 bits per heavy atom. The molecular formula is C67H65BN2. The molecule has 13 rings (SSSR count). The topological polar surface area (TPSA) is 6.48 Å². The number of benzene rings is 8. The monoisotopic (exact) mass is 909 g/mol. The van der Waals surface area contributed by atoms with Crippen molar-refractivity contribution in [3.63, 3.8) is 0 Å². The first-order chi connectivity index (χ1) is 33.4. The molecule has 0 saturated carbocycles. The Balaban J connectivity index is 1.19. The molecule has 346 valence electrons. The lowest BCUT2D eigenvalue weighted by molar-refractivity contribution is 0.332. The summed E-state index contributed by atoms with van der Waals surface area (Å²) >= 11 is 0. The average Bonchev–Trinajstić information content (AvgIpc) is 3.59. The zero-order valence-electron chi connectivity index (χ0n) is 42.9. The number of hydrogen-bond acceptors (Lipinski definition) is 2. The van der Waals surface area contributed by atoms with Gasteiger partial charge in [0.1, 0.15) is 0 Å². The van der Waals surface area contributed by atoms with Gasteiger partial charge in [0.2, 0.25) is 0 Å². The minimum atomic E-state index is -0.268. The Kier molecular flexibility index (Phi) is 9.15. The molecule has 70 heavy (non-hydrogen) atoms. The quantitative estimate of drug-likeness (QED) is 0.162. The van der Waals surface area contributed by atoms with E-state index in [0.29, 0.717) is 0 Å². The van der Waals surface area contributed by atoms with Gasteiger partial charge in [-0.2, -0.15) is 0 Å². The summed E-state index contributed by atoms with van der Waals surface area (Å²) in [5.41, 5.74) is 28.2. The van der Waals surface area contributed by atoms with Gasteiger partial charge in [0.15, 0.2) is 0 Å². The van der Waals surface area contributed by atoms with Crippen LogP contribution in [-0.2, 0) is 27.1 Å². The summed E-state index contributed by atoms with van der Waals surface area (Å²) < 4.78 is 0. The molecule has 8 aromatic rings. The maximum absolute atomic E-state index is 2.79. The molecule has 0 fully saturated rings. The molecule has 5 aliphatic rings. The predicted molar refractivity (Wildman–Crippen MR) is 299 cm³/mol. The van der Waals surface area contributed by atoms with E-state index in [-0.39, 0.29) is 33.9 Å². The van der Waals surface area contributed by atoms with Crippen LogP contribution < -0.4 is 20.6 Å². The van der Waals surface area contributed by atoms with Gasteiger partial charge in [0, 0.05) is 39.4 Å². The summed E-state index contributed by atoms with van der Waals surface area (Å²) in [5, 5.41) is 0. The smallest absolute Gasteiger partial charge is 0.333 e. The molecule has 2 aliphatic heterocycles. The third kappa shape index (κ3) is 6.18. The van der Waals surface area contributed by atoms with Crippen LogP contribution in [0.1, 0.15) is 128 Å². The van der Waals surface area contributed by atoms with Crippen LogP contribution in [0.4, 0.5) is 28.4 Å². The molecule has 0 radical (unpaired) electrons. The van der Waals surface area contributed by atoms with Crippen LogP contribution in [0, 0.1) is 0 Å². The van der Waals surface area contributed by atoms with Crippen LogP contribution in [0.3, 0.4) is 0 Å². The van der Waals surface area contributed by atoms with Crippen molar-refractivity contribution in [2.45, 2.75) is 122 Å². The van der Waals surface area contributed by atoms with E-state index in [4.69, 9.17) is 0 Å². The highest BCUT2D eigenvalue weighted by molar-refractivity contribution is 6.93. The lowest BCUT2D eigenvalue weighted by atomic mass is 9.42. The van der Waals surface area contributed by atoms with Crippen molar-refractivity contribution in [2.75, 3.05) is 9.71 Å². The second-order valence-electron chi connectivity index (χ2n) is 24.6. The first kappa shape index (κ1) is 43.4. The van der Waals surface area contributed by atoms with Gasteiger partial charge in [-0.3, -0.25) is 0 Å². The van der Waals surface area contributed by atoms with Gasteiger partial charge in [-0.1, -0.05) is 184 Å². The highest BCUT2D eigenvalue weighted by Gasteiger charge is 2.52. The van der Waals surface area contributed by atoms with E-state index < -0.39 is 0 Å². The summed E-state index contributed by atoms with van der Waals surface area (Å²) in [6.07, 6.45) is 4.68. The largest absolute Gasteiger partial charge is 0.376 e. The molecule has 0 unspecified atom stereocenters. The lowest BCUT2D eigenvalue weighted by Crippen LogP contribution is -2.62. The Bertz CT molecular complexity index is 3460. The van der Waals surface area contributed by atoms with Crippen LogP contribution in [0.25, 0.3) is 44.5 Å².